The molecule has 40 heavy (non-hydrogen) atoms. The van der Waals surface area contributed by atoms with Crippen molar-refractivity contribution in [2.75, 3.05) is 19.7 Å². The van der Waals surface area contributed by atoms with Gasteiger partial charge in [0.05, 0.1) is 23.8 Å². The van der Waals surface area contributed by atoms with Gasteiger partial charge in [-0.2, -0.15) is 10.2 Å². The predicted octanol–water partition coefficient (Wildman–Crippen LogP) is 5.22. The number of carbonyl (C=O) groups excluding carboxylic acids is 1. The Hall–Kier alpha value is -4.15. The molecule has 1 aromatic carbocycles. The van der Waals surface area contributed by atoms with Crippen LogP contribution in [0.3, 0.4) is 0 Å². The van der Waals surface area contributed by atoms with E-state index in [0.717, 1.165) is 52.8 Å². The molecule has 6 rings (SSSR count). The molecule has 0 unspecified atom stereocenters. The highest BCUT2D eigenvalue weighted by molar-refractivity contribution is 5.74. The van der Waals surface area contributed by atoms with E-state index in [-0.39, 0.29) is 18.2 Å². The minimum absolute atomic E-state index is 0.187. The molecule has 0 radical (unpaired) electrons. The summed E-state index contributed by atoms with van der Waals surface area (Å²) in [5.74, 6) is 2.41. The third kappa shape index (κ3) is 4.96. The molecule has 1 fully saturated rings. The second kappa shape index (κ2) is 10.1. The Bertz CT molecular complexity index is 1520. The van der Waals surface area contributed by atoms with Crippen molar-refractivity contribution in [1.82, 2.24) is 39.0 Å². The van der Waals surface area contributed by atoms with Crippen LogP contribution in [0.15, 0.2) is 43.0 Å². The minimum atomic E-state index is -0.497. The van der Waals surface area contributed by atoms with Crippen molar-refractivity contribution in [1.29, 1.82) is 0 Å². The Morgan fingerprint density at radius 2 is 1.88 bits per heavy atom. The number of rotatable bonds is 4. The fraction of sp³-hybridized carbons (Fsp3) is 0.483. The molecule has 0 bridgehead atoms. The second-order valence-corrected chi connectivity index (χ2v) is 11.7. The van der Waals surface area contributed by atoms with E-state index >= 15 is 0 Å². The highest BCUT2D eigenvalue weighted by Crippen LogP contribution is 2.38. The zero-order valence-corrected chi connectivity index (χ0v) is 23.7. The van der Waals surface area contributed by atoms with Crippen molar-refractivity contribution in [2.45, 2.75) is 71.7 Å². The Kier molecular flexibility index (Phi) is 6.59. The lowest BCUT2D eigenvalue weighted by Crippen LogP contribution is -2.42. The third-order valence-corrected chi connectivity index (χ3v) is 7.31. The molecule has 4 aromatic rings. The van der Waals surface area contributed by atoms with Crippen LogP contribution in [0.1, 0.15) is 59.5 Å². The third-order valence-electron chi connectivity index (χ3n) is 7.31. The maximum atomic E-state index is 12.5. The van der Waals surface area contributed by atoms with Gasteiger partial charge in [-0.25, -0.2) is 19.4 Å². The number of amides is 1. The number of hydrogen-bond donors (Lipinski definition) is 0. The van der Waals surface area contributed by atoms with Crippen molar-refractivity contribution in [3.63, 3.8) is 0 Å². The minimum Gasteiger partial charge on any atom is -0.491 e. The molecule has 11 nitrogen and oxygen atoms in total. The molecule has 11 heteroatoms. The summed E-state index contributed by atoms with van der Waals surface area (Å²) in [6.45, 7) is 12.4. The Morgan fingerprint density at radius 1 is 1.07 bits per heavy atom. The number of likely N-dealkylation sites (tertiary alicyclic amines) is 1. The lowest BCUT2D eigenvalue weighted by Gasteiger charge is -2.34. The Labute approximate surface area is 233 Å². The number of benzene rings is 1. The van der Waals surface area contributed by atoms with Gasteiger partial charge in [0.25, 0.3) is 0 Å². The summed E-state index contributed by atoms with van der Waals surface area (Å²) < 4.78 is 17.9. The van der Waals surface area contributed by atoms with E-state index in [4.69, 9.17) is 14.5 Å². The molecule has 5 heterocycles. The molecule has 1 saturated heterocycles. The van der Waals surface area contributed by atoms with Gasteiger partial charge in [0.15, 0.2) is 5.82 Å². The van der Waals surface area contributed by atoms with Gasteiger partial charge in [-0.1, -0.05) is 6.07 Å². The average molecular weight is 545 g/mol. The van der Waals surface area contributed by atoms with Gasteiger partial charge in [0, 0.05) is 37.1 Å². The van der Waals surface area contributed by atoms with E-state index in [0.29, 0.717) is 26.2 Å². The predicted molar refractivity (Wildman–Crippen MR) is 150 cm³/mol. The van der Waals surface area contributed by atoms with Crippen LogP contribution in [0.4, 0.5) is 4.79 Å². The van der Waals surface area contributed by atoms with Gasteiger partial charge in [0.1, 0.15) is 35.8 Å². The monoisotopic (exact) mass is 544 g/mol. The van der Waals surface area contributed by atoms with E-state index in [1.54, 1.807) is 11.2 Å². The van der Waals surface area contributed by atoms with E-state index in [1.165, 1.54) is 0 Å². The van der Waals surface area contributed by atoms with Crippen LogP contribution in [0, 0.1) is 0 Å². The zero-order chi connectivity index (χ0) is 28.0. The summed E-state index contributed by atoms with van der Waals surface area (Å²) in [5, 5.41) is 9.05. The van der Waals surface area contributed by atoms with Crippen molar-refractivity contribution < 1.29 is 14.3 Å². The number of hydrogen-bond acceptors (Lipinski definition) is 7. The standard InChI is InChI=1S/C29H36N8O3/c1-19(2)36-27(30-18-32-36)23-17-35-14-15-39-25-16-20(6-7-22(25)26(35)33-23)24-8-11-31-37(24)21-9-12-34(13-10-21)28(38)40-29(3,4)5/h6-8,11,16-19,21H,9-10,12-15H2,1-5H3. The van der Waals surface area contributed by atoms with Crippen LogP contribution in [-0.4, -0.2) is 70.4 Å². The summed E-state index contributed by atoms with van der Waals surface area (Å²) in [4.78, 5) is 23.7. The molecule has 1 amide bonds. The number of fused-ring (bicyclic) bond motifs is 3. The first kappa shape index (κ1) is 26.1. The first-order valence-electron chi connectivity index (χ1n) is 13.9. The maximum Gasteiger partial charge on any atom is 0.410 e. The molecule has 0 spiro atoms. The lowest BCUT2D eigenvalue weighted by molar-refractivity contribution is 0.0185. The molecule has 3 aromatic heterocycles. The first-order chi connectivity index (χ1) is 19.2. The molecule has 2 aliphatic heterocycles. The average Bonchev–Trinajstić information content (AvgIpc) is 3.66. The normalized spacial score (nSPS) is 15.9. The van der Waals surface area contributed by atoms with Gasteiger partial charge in [-0.3, -0.25) is 4.68 Å². The molecule has 210 valence electrons. The van der Waals surface area contributed by atoms with Crippen LogP contribution in [0.25, 0.3) is 34.2 Å². The second-order valence-electron chi connectivity index (χ2n) is 11.7. The van der Waals surface area contributed by atoms with E-state index < -0.39 is 5.60 Å². The highest BCUT2D eigenvalue weighted by atomic mass is 16.6. The molecule has 0 atom stereocenters. The summed E-state index contributed by atoms with van der Waals surface area (Å²) in [7, 11) is 0. The van der Waals surface area contributed by atoms with Crippen LogP contribution in [0.5, 0.6) is 5.75 Å². The van der Waals surface area contributed by atoms with E-state index in [2.05, 4.69) is 56.5 Å². The summed E-state index contributed by atoms with van der Waals surface area (Å²) in [6, 6.07) is 8.69. The van der Waals surface area contributed by atoms with Gasteiger partial charge in [0.2, 0.25) is 0 Å². The molecule has 0 N–H and O–H groups in total. The Morgan fingerprint density at radius 3 is 2.62 bits per heavy atom. The number of piperidine rings is 1. The van der Waals surface area contributed by atoms with Crippen LogP contribution in [0.2, 0.25) is 0 Å². The number of carbonyl (C=O) groups is 1. The van der Waals surface area contributed by atoms with Crippen molar-refractivity contribution in [3.05, 3.63) is 43.0 Å². The van der Waals surface area contributed by atoms with Crippen LogP contribution < -0.4 is 4.74 Å². The maximum absolute atomic E-state index is 12.5. The molecular weight excluding hydrogens is 508 g/mol. The fourth-order valence-corrected chi connectivity index (χ4v) is 5.41. The fourth-order valence-electron chi connectivity index (χ4n) is 5.41. The van der Waals surface area contributed by atoms with Crippen molar-refractivity contribution in [3.8, 4) is 39.9 Å². The smallest absolute Gasteiger partial charge is 0.410 e. The van der Waals surface area contributed by atoms with Crippen molar-refractivity contribution in [2.24, 2.45) is 0 Å². The first-order valence-corrected chi connectivity index (χ1v) is 13.9. The summed E-state index contributed by atoms with van der Waals surface area (Å²) >= 11 is 0. The topological polar surface area (TPSA) is 105 Å². The van der Waals surface area contributed by atoms with E-state index in [9.17, 15) is 4.79 Å². The SMILES string of the molecule is CC(C)n1ncnc1-c1cn2c(n1)-c1ccc(-c3ccnn3C3CCN(C(=O)OC(C)(C)C)CC3)cc1OCC2. The summed E-state index contributed by atoms with van der Waals surface area (Å²) in [5.41, 5.74) is 3.31. The highest BCUT2D eigenvalue weighted by Gasteiger charge is 2.29. The van der Waals surface area contributed by atoms with Gasteiger partial charge in [-0.15, -0.1) is 0 Å². The van der Waals surface area contributed by atoms with Gasteiger partial charge in [-0.05, 0) is 65.7 Å². The number of nitrogens with zero attached hydrogens (tertiary/aromatic N) is 8. The molecule has 0 aliphatic carbocycles. The Balaban J connectivity index is 1.24. The van der Waals surface area contributed by atoms with Gasteiger partial charge < -0.3 is 18.9 Å². The lowest BCUT2D eigenvalue weighted by atomic mass is 10.0. The number of aromatic nitrogens is 7. The largest absolute Gasteiger partial charge is 0.491 e. The summed E-state index contributed by atoms with van der Waals surface area (Å²) in [6.07, 6.45) is 6.83. The molecular formula is C29H36N8O3. The molecule has 2 aliphatic rings. The van der Waals surface area contributed by atoms with Crippen molar-refractivity contribution >= 4 is 6.09 Å². The van der Waals surface area contributed by atoms with Gasteiger partial charge >= 0.3 is 6.09 Å². The number of imidazole rings is 1. The quantitative estimate of drug-likeness (QED) is 0.347. The number of ether oxygens (including phenoxy) is 2. The zero-order valence-electron chi connectivity index (χ0n) is 23.7. The molecule has 0 saturated carbocycles. The van der Waals surface area contributed by atoms with Crippen LogP contribution >= 0.6 is 0 Å². The van der Waals surface area contributed by atoms with Crippen LogP contribution in [-0.2, 0) is 11.3 Å². The van der Waals surface area contributed by atoms with E-state index in [1.807, 2.05) is 43.9 Å².